The molecule has 0 aliphatic heterocycles. The molecule has 0 aliphatic rings. The quantitative estimate of drug-likeness (QED) is 0.346. The number of nitrogens with two attached hydrogens (primary N) is 1. The number of carbonyl (C=O) groups excluding carboxylic acids is 1. The Bertz CT molecular complexity index is 760. The summed E-state index contributed by atoms with van der Waals surface area (Å²) in [5.41, 5.74) is 2.16. The number of benzene rings is 1. The molecule has 6 nitrogen and oxygen atoms in total. The van der Waals surface area contributed by atoms with Crippen molar-refractivity contribution in [2.24, 2.45) is 5.84 Å². The smallest absolute Gasteiger partial charge is 0.267 e. The van der Waals surface area contributed by atoms with E-state index in [9.17, 15) is 14.0 Å². The van der Waals surface area contributed by atoms with Gasteiger partial charge in [-0.2, -0.15) is 0 Å². The van der Waals surface area contributed by atoms with Crippen molar-refractivity contribution < 1.29 is 9.18 Å². The number of nitrogens with zero attached hydrogens (tertiary/aromatic N) is 2. The lowest BCUT2D eigenvalue weighted by atomic mass is 10.1. The summed E-state index contributed by atoms with van der Waals surface area (Å²) in [7, 11) is 0. The van der Waals surface area contributed by atoms with Crippen molar-refractivity contribution >= 4 is 28.5 Å². The highest BCUT2D eigenvalue weighted by atomic mass is 127. The molecular formula is C13H12FIN4O2. The zero-order chi connectivity index (χ0) is 15.6. The van der Waals surface area contributed by atoms with Crippen molar-refractivity contribution in [1.82, 2.24) is 15.0 Å². The summed E-state index contributed by atoms with van der Waals surface area (Å²) in [6.45, 7) is 1.65. The van der Waals surface area contributed by atoms with Crippen LogP contribution in [0, 0.1) is 16.3 Å². The fraction of sp³-hybridized carbons (Fsp3) is 0.154. The molecule has 0 spiro atoms. The molecule has 0 atom stereocenters. The zero-order valence-corrected chi connectivity index (χ0v) is 13.2. The fourth-order valence-electron chi connectivity index (χ4n) is 1.83. The Morgan fingerprint density at radius 3 is 2.90 bits per heavy atom. The minimum atomic E-state index is -0.527. The number of halogens is 2. The highest BCUT2D eigenvalue weighted by Crippen LogP contribution is 2.12. The maximum Gasteiger partial charge on any atom is 0.267 e. The number of amides is 1. The fourth-order valence-corrected chi connectivity index (χ4v) is 2.26. The Kier molecular flexibility index (Phi) is 4.68. The molecule has 0 bridgehead atoms. The molecule has 0 fully saturated rings. The molecule has 110 valence electrons. The van der Waals surface area contributed by atoms with Crippen LogP contribution >= 0.6 is 22.6 Å². The van der Waals surface area contributed by atoms with E-state index < -0.39 is 11.7 Å². The minimum Gasteiger partial charge on any atom is -0.291 e. The van der Waals surface area contributed by atoms with Gasteiger partial charge in [-0.15, -0.1) is 0 Å². The standard InChI is InChI=1S/C13H12FIN4O2/c1-7-17-5-11(15)13(21)19(7)6-9-4-8(12(20)18-16)2-3-10(9)14/h2-5H,6,16H2,1H3,(H,18,20). The summed E-state index contributed by atoms with van der Waals surface area (Å²) in [4.78, 5) is 27.6. The van der Waals surface area contributed by atoms with Crippen LogP contribution < -0.4 is 16.8 Å². The van der Waals surface area contributed by atoms with Gasteiger partial charge < -0.3 is 0 Å². The third-order valence-corrected chi connectivity index (χ3v) is 3.71. The van der Waals surface area contributed by atoms with Crippen molar-refractivity contribution in [2.45, 2.75) is 13.5 Å². The van der Waals surface area contributed by atoms with Gasteiger partial charge in [0.1, 0.15) is 11.6 Å². The number of aryl methyl sites for hydroxylation is 1. The highest BCUT2D eigenvalue weighted by Gasteiger charge is 2.12. The van der Waals surface area contributed by atoms with Gasteiger partial charge in [-0.3, -0.25) is 19.6 Å². The average Bonchev–Trinajstić information content (AvgIpc) is 2.48. The Balaban J connectivity index is 2.47. The molecule has 8 heteroatoms. The second-order valence-electron chi connectivity index (χ2n) is 4.32. The summed E-state index contributed by atoms with van der Waals surface area (Å²) in [6, 6.07) is 3.86. The van der Waals surface area contributed by atoms with Gasteiger partial charge in [-0.05, 0) is 47.7 Å². The Hall–Kier alpha value is -1.81. The van der Waals surface area contributed by atoms with Gasteiger partial charge in [0.05, 0.1) is 10.1 Å². The Morgan fingerprint density at radius 2 is 2.24 bits per heavy atom. The molecule has 2 rings (SSSR count). The molecule has 0 saturated carbocycles. The van der Waals surface area contributed by atoms with E-state index in [-0.39, 0.29) is 23.2 Å². The first-order valence-electron chi connectivity index (χ1n) is 5.95. The molecule has 2 aromatic rings. The number of hydrazine groups is 1. The van der Waals surface area contributed by atoms with E-state index in [1.807, 2.05) is 28.0 Å². The maximum absolute atomic E-state index is 13.9. The largest absolute Gasteiger partial charge is 0.291 e. The third kappa shape index (κ3) is 3.27. The van der Waals surface area contributed by atoms with E-state index in [0.717, 1.165) is 0 Å². The molecule has 21 heavy (non-hydrogen) atoms. The lowest BCUT2D eigenvalue weighted by Crippen LogP contribution is -2.30. The summed E-state index contributed by atoms with van der Waals surface area (Å²) >= 11 is 1.87. The summed E-state index contributed by atoms with van der Waals surface area (Å²) in [5.74, 6) is 4.49. The number of rotatable bonds is 3. The van der Waals surface area contributed by atoms with Crippen LogP contribution in [0.25, 0.3) is 0 Å². The van der Waals surface area contributed by atoms with Crippen molar-refractivity contribution in [2.75, 3.05) is 0 Å². The molecule has 0 aliphatic carbocycles. The molecule has 3 N–H and O–H groups in total. The van der Waals surface area contributed by atoms with E-state index in [2.05, 4.69) is 4.98 Å². The normalized spacial score (nSPS) is 10.5. The van der Waals surface area contributed by atoms with Gasteiger partial charge in [-0.25, -0.2) is 15.2 Å². The minimum absolute atomic E-state index is 0.00790. The second kappa shape index (κ2) is 6.31. The summed E-state index contributed by atoms with van der Waals surface area (Å²) in [6.07, 6.45) is 1.46. The van der Waals surface area contributed by atoms with Crippen molar-refractivity contribution in [3.05, 3.63) is 61.1 Å². The van der Waals surface area contributed by atoms with E-state index in [0.29, 0.717) is 9.39 Å². The van der Waals surface area contributed by atoms with Gasteiger partial charge in [0, 0.05) is 17.3 Å². The van der Waals surface area contributed by atoms with Crippen LogP contribution in [0.15, 0.2) is 29.2 Å². The van der Waals surface area contributed by atoms with Crippen molar-refractivity contribution in [1.29, 1.82) is 0 Å². The van der Waals surface area contributed by atoms with Crippen molar-refractivity contribution in [3.63, 3.8) is 0 Å². The van der Waals surface area contributed by atoms with Crippen LogP contribution in [0.4, 0.5) is 4.39 Å². The van der Waals surface area contributed by atoms with Crippen LogP contribution in [-0.4, -0.2) is 15.5 Å². The van der Waals surface area contributed by atoms with Crippen LogP contribution in [0.5, 0.6) is 0 Å². The van der Waals surface area contributed by atoms with E-state index in [1.54, 1.807) is 6.92 Å². The number of hydrogen-bond acceptors (Lipinski definition) is 4. The van der Waals surface area contributed by atoms with Gasteiger partial charge in [0.15, 0.2) is 0 Å². The number of nitrogens with one attached hydrogen (secondary N) is 1. The van der Waals surface area contributed by atoms with Crippen LogP contribution in [0.2, 0.25) is 0 Å². The predicted octanol–water partition coefficient (Wildman–Crippen LogP) is 0.947. The number of nitrogen functional groups attached to an aromatic ring is 1. The molecule has 1 aromatic heterocycles. The van der Waals surface area contributed by atoms with Gasteiger partial charge >= 0.3 is 0 Å². The average molecular weight is 402 g/mol. The lowest BCUT2D eigenvalue weighted by Gasteiger charge is -2.11. The summed E-state index contributed by atoms with van der Waals surface area (Å²) < 4.78 is 15.7. The van der Waals surface area contributed by atoms with E-state index in [1.165, 1.54) is 29.0 Å². The van der Waals surface area contributed by atoms with E-state index >= 15 is 0 Å². The Morgan fingerprint density at radius 1 is 1.52 bits per heavy atom. The van der Waals surface area contributed by atoms with Gasteiger partial charge in [0.25, 0.3) is 11.5 Å². The molecule has 1 aromatic carbocycles. The molecule has 0 saturated heterocycles. The monoisotopic (exact) mass is 402 g/mol. The highest BCUT2D eigenvalue weighted by molar-refractivity contribution is 14.1. The first-order valence-corrected chi connectivity index (χ1v) is 7.03. The SMILES string of the molecule is Cc1ncc(I)c(=O)n1Cc1cc(C(=O)NN)ccc1F. The molecule has 1 heterocycles. The van der Waals surface area contributed by atoms with Crippen molar-refractivity contribution in [3.8, 4) is 0 Å². The lowest BCUT2D eigenvalue weighted by molar-refractivity contribution is 0.0953. The first kappa shape index (κ1) is 15.6. The number of carbonyl (C=O) groups is 1. The van der Waals surface area contributed by atoms with Gasteiger partial charge in [0.2, 0.25) is 0 Å². The predicted molar refractivity (Wildman–Crippen MR) is 83.1 cm³/mol. The maximum atomic E-state index is 13.9. The van der Waals surface area contributed by atoms with Crippen LogP contribution in [0.3, 0.4) is 0 Å². The Labute approximate surface area is 133 Å². The second-order valence-corrected chi connectivity index (χ2v) is 5.49. The molecule has 0 unspecified atom stereocenters. The number of hydrogen-bond donors (Lipinski definition) is 2. The zero-order valence-electron chi connectivity index (χ0n) is 11.1. The van der Waals surface area contributed by atoms with Crippen LogP contribution in [0.1, 0.15) is 21.7 Å². The number of aromatic nitrogens is 2. The van der Waals surface area contributed by atoms with E-state index in [4.69, 9.17) is 5.84 Å². The summed E-state index contributed by atoms with van der Waals surface area (Å²) in [5, 5.41) is 0. The molecule has 0 radical (unpaired) electrons. The topological polar surface area (TPSA) is 90.0 Å². The molecular weight excluding hydrogens is 390 g/mol. The van der Waals surface area contributed by atoms with Gasteiger partial charge in [-0.1, -0.05) is 0 Å². The van der Waals surface area contributed by atoms with Crippen LogP contribution in [-0.2, 0) is 6.54 Å². The first-order chi connectivity index (χ1) is 9.93. The molecule has 1 amide bonds. The third-order valence-electron chi connectivity index (χ3n) is 2.97.